The van der Waals surface area contributed by atoms with Crippen LogP contribution in [-0.4, -0.2) is 205 Å². The fourth-order valence-electron chi connectivity index (χ4n) is 4.96. The molecule has 1 aliphatic rings. The van der Waals surface area contributed by atoms with Crippen molar-refractivity contribution in [3.63, 3.8) is 0 Å². The van der Waals surface area contributed by atoms with E-state index < -0.39 is 35.3 Å². The maximum Gasteiger partial charge on any atom is 0.317 e. The molecule has 0 saturated carbocycles. The number of amides is 1. The number of carbonyl (C=O) groups excluding carboxylic acids is 1. The summed E-state index contributed by atoms with van der Waals surface area (Å²) >= 11 is 0. The predicted octanol–water partition coefficient (Wildman–Crippen LogP) is 0.0244. The molecule has 0 aliphatic carbocycles. The molecule has 1 heterocycles. The van der Waals surface area contributed by atoms with Gasteiger partial charge in [-0.05, 0) is 18.9 Å². The molecule has 1 amide bonds. The van der Waals surface area contributed by atoms with Gasteiger partial charge in [0.1, 0.15) is 5.54 Å². The first kappa shape index (κ1) is 51.6. The molecule has 19 nitrogen and oxygen atoms in total. The van der Waals surface area contributed by atoms with Gasteiger partial charge in [-0.2, -0.15) is 0 Å². The summed E-state index contributed by atoms with van der Waals surface area (Å²) in [6, 6.07) is 0. The molecule has 1 fully saturated rings. The number of ether oxygens (including phenoxy) is 3. The number of carboxylic acids is 4. The fraction of sp³-hybridized carbons (Fsp3) is 0.824. The first-order valence-corrected chi connectivity index (χ1v) is 18.0. The van der Waals surface area contributed by atoms with Crippen LogP contribution < -0.4 is 5.32 Å². The Hall–Kier alpha value is -3.46. The molecule has 310 valence electrons. The maximum absolute atomic E-state index is 13.7. The largest absolute Gasteiger partial charge is 0.483 e. The van der Waals surface area contributed by atoms with E-state index in [-0.39, 0.29) is 72.0 Å². The Morgan fingerprint density at radius 3 is 1.30 bits per heavy atom. The number of aliphatic carboxylic acids is 4. The number of rotatable bonds is 23. The highest BCUT2D eigenvalue weighted by atomic mass is 16.5. The zero-order valence-corrected chi connectivity index (χ0v) is 32.2. The Balaban J connectivity index is 0. The van der Waals surface area contributed by atoms with Crippen LogP contribution in [0.2, 0.25) is 0 Å². The molecule has 0 aromatic rings. The number of carbonyl (C=O) groups is 6. The van der Waals surface area contributed by atoms with Crippen LogP contribution in [0.1, 0.15) is 53.9 Å². The summed E-state index contributed by atoms with van der Waals surface area (Å²) in [5, 5.41) is 46.8. The van der Waals surface area contributed by atoms with Crippen LogP contribution in [0.4, 0.5) is 0 Å². The van der Waals surface area contributed by atoms with Crippen molar-refractivity contribution in [2.45, 2.75) is 59.4 Å². The summed E-state index contributed by atoms with van der Waals surface area (Å²) in [4.78, 5) is 74.8. The normalized spacial score (nSPS) is 15.4. The highest BCUT2D eigenvalue weighted by Crippen LogP contribution is 2.12. The third kappa shape index (κ3) is 29.7. The van der Waals surface area contributed by atoms with Gasteiger partial charge in [0, 0.05) is 59.0 Å². The number of hydrogen-bond acceptors (Lipinski definition) is 13. The van der Waals surface area contributed by atoms with Gasteiger partial charge in [0.2, 0.25) is 5.91 Å². The first-order valence-electron chi connectivity index (χ1n) is 18.0. The van der Waals surface area contributed by atoms with Crippen LogP contribution in [0.5, 0.6) is 0 Å². The molecule has 6 N–H and O–H groups in total. The number of hydrogen-bond donors (Lipinski definition) is 6. The van der Waals surface area contributed by atoms with Gasteiger partial charge in [0.15, 0.2) is 0 Å². The molecular weight excluding hydrogens is 702 g/mol. The van der Waals surface area contributed by atoms with E-state index >= 15 is 0 Å². The van der Waals surface area contributed by atoms with E-state index in [4.69, 9.17) is 34.3 Å². The van der Waals surface area contributed by atoms with Crippen LogP contribution in [0, 0.1) is 5.92 Å². The van der Waals surface area contributed by atoms with Crippen molar-refractivity contribution in [2.75, 3.05) is 118 Å². The van der Waals surface area contributed by atoms with E-state index in [0.717, 1.165) is 6.42 Å². The zero-order valence-electron chi connectivity index (χ0n) is 32.2. The SMILES string of the molecule is CC.CCN1CCN(CC(=O)O)CCN(CC(=O)O)CCN(CC(=O)NC(COCCC(=O)O)(COCCC(=O)O)COCCC(C)C)CC1.O=CO. The number of nitrogens with one attached hydrogen (secondary N) is 1. The topological polar surface area (TPSA) is 256 Å². The second kappa shape index (κ2) is 32.0. The molecule has 0 spiro atoms. The smallest absolute Gasteiger partial charge is 0.317 e. The molecule has 0 aromatic heterocycles. The molecule has 1 saturated heterocycles. The minimum Gasteiger partial charge on any atom is -0.483 e. The van der Waals surface area contributed by atoms with Gasteiger partial charge < -0.3 is 50.0 Å². The third-order valence-corrected chi connectivity index (χ3v) is 7.76. The van der Waals surface area contributed by atoms with Crippen LogP contribution >= 0.6 is 0 Å². The van der Waals surface area contributed by atoms with Gasteiger partial charge in [0.25, 0.3) is 6.47 Å². The summed E-state index contributed by atoms with van der Waals surface area (Å²) in [6.07, 6.45) is 0.258. The minimum absolute atomic E-state index is 0.0194. The monoisotopic (exact) mass is 767 g/mol. The molecule has 0 bridgehead atoms. The molecule has 1 rings (SSSR count). The van der Waals surface area contributed by atoms with Gasteiger partial charge in [-0.15, -0.1) is 0 Å². The molecular formula is C34H65N5O14. The molecule has 0 aromatic carbocycles. The molecule has 0 atom stereocenters. The number of carboxylic acid groups (broad SMARTS) is 5. The van der Waals surface area contributed by atoms with Crippen molar-refractivity contribution in [1.82, 2.24) is 24.9 Å². The van der Waals surface area contributed by atoms with Crippen LogP contribution in [-0.2, 0) is 43.0 Å². The van der Waals surface area contributed by atoms with E-state index in [1.807, 2.05) is 39.5 Å². The Bertz CT molecular complexity index is 1010. The molecule has 53 heavy (non-hydrogen) atoms. The maximum atomic E-state index is 13.7. The molecule has 1 aliphatic heterocycles. The second-order valence-corrected chi connectivity index (χ2v) is 12.6. The van der Waals surface area contributed by atoms with E-state index in [9.17, 15) is 34.2 Å². The number of nitrogens with zero attached hydrogens (tertiary/aromatic N) is 4. The predicted molar refractivity (Wildman–Crippen MR) is 194 cm³/mol. The lowest BCUT2D eigenvalue weighted by Crippen LogP contribution is -2.60. The average molecular weight is 768 g/mol. The highest BCUT2D eigenvalue weighted by molar-refractivity contribution is 5.79. The van der Waals surface area contributed by atoms with Crippen molar-refractivity contribution in [1.29, 1.82) is 0 Å². The Morgan fingerprint density at radius 1 is 0.642 bits per heavy atom. The number of likely N-dealkylation sites (N-methyl/N-ethyl adjacent to an activating group) is 1. The summed E-state index contributed by atoms with van der Waals surface area (Å²) in [6.45, 7) is 13.5. The zero-order chi connectivity index (χ0) is 40.7. The summed E-state index contributed by atoms with van der Waals surface area (Å²) in [5.41, 5.74) is -1.24. The van der Waals surface area contributed by atoms with E-state index in [1.54, 1.807) is 9.80 Å². The van der Waals surface area contributed by atoms with Gasteiger partial charge in [-0.25, -0.2) is 0 Å². The van der Waals surface area contributed by atoms with Gasteiger partial charge in [0.05, 0.1) is 65.5 Å². The van der Waals surface area contributed by atoms with Crippen LogP contribution in [0.3, 0.4) is 0 Å². The molecule has 0 radical (unpaired) electrons. The van der Waals surface area contributed by atoms with Crippen molar-refractivity contribution in [3.05, 3.63) is 0 Å². The second-order valence-electron chi connectivity index (χ2n) is 12.6. The lowest BCUT2D eigenvalue weighted by Gasteiger charge is -2.36. The summed E-state index contributed by atoms with van der Waals surface area (Å²) in [7, 11) is 0. The Kier molecular flexibility index (Phi) is 31.2. The minimum atomic E-state index is -1.24. The standard InChI is InChI=1S/C31H57N5O12.C2H6.CH2O2/c1-4-33-8-10-34(12-13-36(21-30(44)45)15-14-35(11-9-33)20-29(42)43)19-26(37)32-31(22-46-16-5-25(2)3,23-47-17-6-27(38)39)24-48-18-7-28(40)41;1-2;2-1-3/h25H,4-24H2,1-3H3,(H,32,37)(H,38,39)(H,40,41)(H,42,43)(H,44,45);1-2H3;1H,(H,2,3). The van der Waals surface area contributed by atoms with Crippen LogP contribution in [0.25, 0.3) is 0 Å². The van der Waals surface area contributed by atoms with Crippen molar-refractivity contribution in [3.8, 4) is 0 Å². The lowest BCUT2D eigenvalue weighted by atomic mass is 10.0. The molecule has 0 unspecified atom stereocenters. The third-order valence-electron chi connectivity index (χ3n) is 7.76. The van der Waals surface area contributed by atoms with Crippen molar-refractivity contribution >= 4 is 36.3 Å². The lowest BCUT2D eigenvalue weighted by molar-refractivity contribution is -0.140. The van der Waals surface area contributed by atoms with Crippen LogP contribution in [0.15, 0.2) is 0 Å². The average Bonchev–Trinajstić information content (AvgIpc) is 3.07. The van der Waals surface area contributed by atoms with Crippen molar-refractivity contribution < 1.29 is 68.5 Å². The van der Waals surface area contributed by atoms with Gasteiger partial charge in [-0.1, -0.05) is 34.6 Å². The summed E-state index contributed by atoms with van der Waals surface area (Å²) in [5.74, 6) is -4.07. The fourth-order valence-corrected chi connectivity index (χ4v) is 4.96. The first-order chi connectivity index (χ1) is 25.1. The van der Waals surface area contributed by atoms with Gasteiger partial charge >= 0.3 is 23.9 Å². The van der Waals surface area contributed by atoms with E-state index in [0.29, 0.717) is 71.4 Å². The van der Waals surface area contributed by atoms with E-state index in [2.05, 4.69) is 10.2 Å². The molecule has 19 heteroatoms. The Morgan fingerprint density at radius 2 is 0.981 bits per heavy atom. The summed E-state index contributed by atoms with van der Waals surface area (Å²) < 4.78 is 17.3. The Labute approximate surface area is 313 Å². The quantitative estimate of drug-likeness (QED) is 0.0592. The van der Waals surface area contributed by atoms with Gasteiger partial charge in [-0.3, -0.25) is 43.5 Å². The van der Waals surface area contributed by atoms with E-state index in [1.165, 1.54) is 0 Å². The highest BCUT2D eigenvalue weighted by Gasteiger charge is 2.34. The van der Waals surface area contributed by atoms with Crippen molar-refractivity contribution in [2.24, 2.45) is 5.92 Å².